The molecule has 0 aliphatic heterocycles. The lowest BCUT2D eigenvalue weighted by Crippen LogP contribution is -1.88. The van der Waals surface area contributed by atoms with Crippen molar-refractivity contribution in [2.45, 2.75) is 5.33 Å². The molecule has 0 saturated heterocycles. The molecule has 0 bridgehead atoms. The summed E-state index contributed by atoms with van der Waals surface area (Å²) < 4.78 is 3.21. The maximum absolute atomic E-state index is 4.24. The molecule has 16 heavy (non-hydrogen) atoms. The summed E-state index contributed by atoms with van der Waals surface area (Å²) in [5, 5.41) is 7.58. The van der Waals surface area contributed by atoms with Crippen LogP contribution in [0, 0.1) is 0 Å². The summed E-state index contributed by atoms with van der Waals surface area (Å²) in [6, 6.07) is 10.6. The van der Waals surface area contributed by atoms with Crippen LogP contribution < -0.4 is 0 Å². The highest BCUT2D eigenvalue weighted by molar-refractivity contribution is 9.08. The summed E-state index contributed by atoms with van der Waals surface area (Å²) in [6.45, 7) is 0. The maximum Gasteiger partial charge on any atom is 0.118 e. The second-order valence-electron chi connectivity index (χ2n) is 3.54. The number of halogens is 1. The number of aromatic nitrogens is 2. The molecule has 2 aromatic heterocycles. The van der Waals surface area contributed by atoms with Crippen LogP contribution in [-0.2, 0) is 5.33 Å². The molecule has 3 aromatic rings. The van der Waals surface area contributed by atoms with Gasteiger partial charge in [0, 0.05) is 22.4 Å². The summed E-state index contributed by atoms with van der Waals surface area (Å²) in [5.74, 6) is 0. The molecule has 4 heteroatoms. The summed E-state index contributed by atoms with van der Waals surface area (Å²) in [4.78, 5) is 0. The van der Waals surface area contributed by atoms with Gasteiger partial charge in [-0.25, -0.2) is 4.68 Å². The predicted molar refractivity (Wildman–Crippen MR) is 71.6 cm³/mol. The van der Waals surface area contributed by atoms with Gasteiger partial charge < -0.3 is 0 Å². The number of hydrogen-bond donors (Lipinski definition) is 0. The van der Waals surface area contributed by atoms with Crippen molar-refractivity contribution >= 4 is 37.4 Å². The van der Waals surface area contributed by atoms with Crippen molar-refractivity contribution in [1.29, 1.82) is 0 Å². The van der Waals surface area contributed by atoms with E-state index in [-0.39, 0.29) is 0 Å². The number of fused-ring (bicyclic) bond motifs is 1. The molecule has 0 unspecified atom stereocenters. The average Bonchev–Trinajstić information content (AvgIpc) is 2.96. The number of hydrogen-bond acceptors (Lipinski definition) is 2. The minimum absolute atomic E-state index is 0.901. The Hall–Kier alpha value is -1.13. The van der Waals surface area contributed by atoms with Gasteiger partial charge in [0.15, 0.2) is 0 Å². The van der Waals surface area contributed by atoms with Gasteiger partial charge in [-0.05, 0) is 29.1 Å². The normalized spacial score (nSPS) is 11.1. The molecule has 0 aliphatic carbocycles. The monoisotopic (exact) mass is 292 g/mol. The number of nitrogens with zero attached hydrogens (tertiary/aromatic N) is 2. The zero-order chi connectivity index (χ0) is 11.0. The Balaban J connectivity index is 2.16. The highest BCUT2D eigenvalue weighted by Crippen LogP contribution is 2.29. The van der Waals surface area contributed by atoms with Crippen LogP contribution in [0.25, 0.3) is 15.1 Å². The van der Waals surface area contributed by atoms with Crippen LogP contribution in [0.5, 0.6) is 0 Å². The lowest BCUT2D eigenvalue weighted by atomic mass is 10.2. The minimum atomic E-state index is 0.901. The third kappa shape index (κ3) is 1.68. The van der Waals surface area contributed by atoms with Gasteiger partial charge in [-0.2, -0.15) is 5.10 Å². The van der Waals surface area contributed by atoms with Crippen LogP contribution >= 0.6 is 27.3 Å². The number of thiophene rings is 1. The van der Waals surface area contributed by atoms with Crippen LogP contribution in [0.3, 0.4) is 0 Å². The van der Waals surface area contributed by atoms with Gasteiger partial charge in [0.25, 0.3) is 0 Å². The zero-order valence-electron chi connectivity index (χ0n) is 8.43. The smallest absolute Gasteiger partial charge is 0.118 e. The van der Waals surface area contributed by atoms with Crippen LogP contribution in [0.1, 0.15) is 5.56 Å². The van der Waals surface area contributed by atoms with E-state index in [9.17, 15) is 0 Å². The van der Waals surface area contributed by atoms with E-state index in [1.165, 1.54) is 15.6 Å². The summed E-state index contributed by atoms with van der Waals surface area (Å²) in [5.41, 5.74) is 1.31. The van der Waals surface area contributed by atoms with Crippen molar-refractivity contribution < 1.29 is 0 Å². The topological polar surface area (TPSA) is 17.8 Å². The van der Waals surface area contributed by atoms with Gasteiger partial charge in [0.2, 0.25) is 0 Å². The van der Waals surface area contributed by atoms with Gasteiger partial charge in [-0.1, -0.05) is 28.1 Å². The zero-order valence-corrected chi connectivity index (χ0v) is 10.8. The van der Waals surface area contributed by atoms with Gasteiger partial charge in [0.05, 0.1) is 0 Å². The third-order valence-electron chi connectivity index (χ3n) is 2.46. The van der Waals surface area contributed by atoms with E-state index < -0.39 is 0 Å². The van der Waals surface area contributed by atoms with Crippen molar-refractivity contribution in [3.8, 4) is 5.00 Å². The Morgan fingerprint density at radius 3 is 3.00 bits per heavy atom. The fraction of sp³-hybridized carbons (Fsp3) is 0.0833. The highest BCUT2D eigenvalue weighted by atomic mass is 79.9. The van der Waals surface area contributed by atoms with Crippen molar-refractivity contribution in [2.24, 2.45) is 0 Å². The average molecular weight is 293 g/mol. The lowest BCUT2D eigenvalue weighted by Gasteiger charge is -1.93. The van der Waals surface area contributed by atoms with E-state index in [1.54, 1.807) is 17.5 Å². The minimum Gasteiger partial charge on any atom is -0.231 e. The molecular weight excluding hydrogens is 284 g/mol. The standard InChI is InChI=1S/C12H9BrN2S/c13-8-9-2-3-10-7-12(16-11(10)6-9)15-5-1-4-14-15/h1-7H,8H2. The van der Waals surface area contributed by atoms with E-state index in [0.29, 0.717) is 0 Å². The summed E-state index contributed by atoms with van der Waals surface area (Å²) >= 11 is 5.24. The molecule has 0 atom stereocenters. The first-order chi connectivity index (χ1) is 7.86. The number of alkyl halides is 1. The lowest BCUT2D eigenvalue weighted by molar-refractivity contribution is 0.898. The number of benzene rings is 1. The maximum atomic E-state index is 4.24. The molecule has 3 rings (SSSR count). The molecule has 0 fully saturated rings. The van der Waals surface area contributed by atoms with Crippen LogP contribution in [0.15, 0.2) is 42.7 Å². The second-order valence-corrected chi connectivity index (χ2v) is 5.16. The van der Waals surface area contributed by atoms with Crippen molar-refractivity contribution in [3.63, 3.8) is 0 Å². The molecule has 0 radical (unpaired) electrons. The first kappa shape index (κ1) is 10.1. The molecule has 0 N–H and O–H groups in total. The third-order valence-corrected chi connectivity index (χ3v) is 4.19. The van der Waals surface area contributed by atoms with E-state index >= 15 is 0 Å². The Morgan fingerprint density at radius 1 is 1.31 bits per heavy atom. The van der Waals surface area contributed by atoms with Gasteiger partial charge in [-0.3, -0.25) is 0 Å². The first-order valence-corrected chi connectivity index (χ1v) is 6.89. The molecule has 0 saturated carbocycles. The van der Waals surface area contributed by atoms with Gasteiger partial charge >= 0.3 is 0 Å². The molecule has 0 spiro atoms. The van der Waals surface area contributed by atoms with Crippen LogP contribution in [0.2, 0.25) is 0 Å². The highest BCUT2D eigenvalue weighted by Gasteiger charge is 2.04. The number of rotatable bonds is 2. The quantitative estimate of drug-likeness (QED) is 0.653. The predicted octanol–water partition coefficient (Wildman–Crippen LogP) is 3.98. The second kappa shape index (κ2) is 4.03. The Kier molecular flexibility index (Phi) is 2.53. The van der Waals surface area contributed by atoms with Crippen molar-refractivity contribution in [2.75, 3.05) is 0 Å². The van der Waals surface area contributed by atoms with Crippen molar-refractivity contribution in [3.05, 3.63) is 48.3 Å². The van der Waals surface area contributed by atoms with E-state index in [4.69, 9.17) is 0 Å². The summed E-state index contributed by atoms with van der Waals surface area (Å²) in [6.07, 6.45) is 3.77. The Bertz CT molecular complexity index is 613. The largest absolute Gasteiger partial charge is 0.231 e. The van der Waals surface area contributed by atoms with Gasteiger partial charge in [-0.15, -0.1) is 11.3 Å². The molecule has 0 aliphatic rings. The Morgan fingerprint density at radius 2 is 2.25 bits per heavy atom. The first-order valence-electron chi connectivity index (χ1n) is 4.95. The van der Waals surface area contributed by atoms with Crippen LogP contribution in [-0.4, -0.2) is 9.78 Å². The molecular formula is C12H9BrN2S. The van der Waals surface area contributed by atoms with E-state index in [0.717, 1.165) is 10.3 Å². The van der Waals surface area contributed by atoms with Gasteiger partial charge in [0.1, 0.15) is 5.00 Å². The Labute approximate surface area is 106 Å². The summed E-state index contributed by atoms with van der Waals surface area (Å²) in [7, 11) is 0. The van der Waals surface area contributed by atoms with E-state index in [2.05, 4.69) is 45.3 Å². The molecule has 80 valence electrons. The fourth-order valence-electron chi connectivity index (χ4n) is 1.66. The van der Waals surface area contributed by atoms with Crippen molar-refractivity contribution in [1.82, 2.24) is 9.78 Å². The van der Waals surface area contributed by atoms with Crippen LogP contribution in [0.4, 0.5) is 0 Å². The molecule has 1 aromatic carbocycles. The molecule has 0 amide bonds. The molecule has 2 heterocycles. The SMILES string of the molecule is BrCc1ccc2cc(-n3cccn3)sc2c1. The fourth-order valence-corrected chi connectivity index (χ4v) is 3.07. The molecule has 2 nitrogen and oxygen atoms in total. The van der Waals surface area contributed by atoms with E-state index in [1.807, 2.05) is 16.9 Å².